The molecule has 1 heterocycles. The zero-order chi connectivity index (χ0) is 20.2. The lowest BCUT2D eigenvalue weighted by Gasteiger charge is -2.41. The standard InChI is InChI=1S/C19H26FN3O4/c1-19(2,3)27-18(26)23-7-6-22(15(10-23)12-24)11-17(25)13-4-5-16(20)14(8-13)9-21/h4-5,8,15,17,24-25H,6-7,10-12H2,1-3H3/t15-,17?/m1/s1. The molecule has 0 aromatic heterocycles. The van der Waals surface area contributed by atoms with Gasteiger partial charge in [0.1, 0.15) is 17.5 Å². The van der Waals surface area contributed by atoms with Crippen molar-refractivity contribution in [3.8, 4) is 6.07 Å². The van der Waals surface area contributed by atoms with Crippen molar-refractivity contribution in [2.24, 2.45) is 0 Å². The van der Waals surface area contributed by atoms with Crippen molar-refractivity contribution in [1.82, 2.24) is 9.80 Å². The summed E-state index contributed by atoms with van der Waals surface area (Å²) in [4.78, 5) is 15.6. The van der Waals surface area contributed by atoms with Crippen LogP contribution in [0.25, 0.3) is 0 Å². The Morgan fingerprint density at radius 1 is 1.44 bits per heavy atom. The number of hydrogen-bond donors (Lipinski definition) is 2. The number of piperazine rings is 1. The van der Waals surface area contributed by atoms with Gasteiger partial charge in [-0.15, -0.1) is 0 Å². The quantitative estimate of drug-likeness (QED) is 0.826. The van der Waals surface area contributed by atoms with Crippen LogP contribution in [-0.4, -0.2) is 70.5 Å². The van der Waals surface area contributed by atoms with Gasteiger partial charge in [0.2, 0.25) is 0 Å². The molecular formula is C19H26FN3O4. The molecule has 1 unspecified atom stereocenters. The van der Waals surface area contributed by atoms with Crippen molar-refractivity contribution in [1.29, 1.82) is 5.26 Å². The maximum Gasteiger partial charge on any atom is 0.410 e. The Balaban J connectivity index is 2.01. The molecule has 148 valence electrons. The molecule has 1 aromatic carbocycles. The van der Waals surface area contributed by atoms with Gasteiger partial charge in [0, 0.05) is 26.2 Å². The number of rotatable bonds is 4. The van der Waals surface area contributed by atoms with Gasteiger partial charge >= 0.3 is 6.09 Å². The molecule has 1 fully saturated rings. The van der Waals surface area contributed by atoms with E-state index < -0.39 is 23.6 Å². The minimum atomic E-state index is -0.945. The largest absolute Gasteiger partial charge is 0.444 e. The fourth-order valence-electron chi connectivity index (χ4n) is 2.96. The monoisotopic (exact) mass is 379 g/mol. The fourth-order valence-corrected chi connectivity index (χ4v) is 2.96. The molecule has 2 N–H and O–H groups in total. The van der Waals surface area contributed by atoms with Crippen molar-refractivity contribution in [3.63, 3.8) is 0 Å². The molecule has 1 aliphatic heterocycles. The molecule has 0 radical (unpaired) electrons. The Kier molecular flexibility index (Phi) is 6.76. The number of nitriles is 1. The molecular weight excluding hydrogens is 353 g/mol. The number of carbonyl (C=O) groups is 1. The second-order valence-electron chi connectivity index (χ2n) is 7.62. The van der Waals surface area contributed by atoms with Gasteiger partial charge in [0.15, 0.2) is 0 Å². The molecule has 27 heavy (non-hydrogen) atoms. The van der Waals surface area contributed by atoms with Gasteiger partial charge in [-0.2, -0.15) is 5.26 Å². The Bertz CT molecular complexity index is 714. The first-order valence-electron chi connectivity index (χ1n) is 8.85. The third-order valence-electron chi connectivity index (χ3n) is 4.37. The average molecular weight is 379 g/mol. The molecule has 2 atom stereocenters. The van der Waals surface area contributed by atoms with Crippen LogP contribution in [0.1, 0.15) is 38.0 Å². The fraction of sp³-hybridized carbons (Fsp3) is 0.579. The Labute approximate surface area is 158 Å². The Morgan fingerprint density at radius 3 is 2.74 bits per heavy atom. The normalized spacial score (nSPS) is 19.4. The lowest BCUT2D eigenvalue weighted by Crippen LogP contribution is -2.57. The molecule has 1 amide bonds. The lowest BCUT2D eigenvalue weighted by molar-refractivity contribution is -0.0147. The molecule has 8 heteroatoms. The van der Waals surface area contributed by atoms with Crippen LogP contribution in [0.3, 0.4) is 0 Å². The summed E-state index contributed by atoms with van der Waals surface area (Å²) in [5.41, 5.74) is -0.292. The van der Waals surface area contributed by atoms with Crippen LogP contribution in [0.2, 0.25) is 0 Å². The number of hydrogen-bond acceptors (Lipinski definition) is 6. The van der Waals surface area contributed by atoms with Gasteiger partial charge in [0.05, 0.1) is 24.3 Å². The van der Waals surface area contributed by atoms with Crippen LogP contribution in [0.5, 0.6) is 0 Å². The van der Waals surface area contributed by atoms with E-state index in [2.05, 4.69) is 0 Å². The van der Waals surface area contributed by atoms with E-state index in [1.807, 2.05) is 4.90 Å². The van der Waals surface area contributed by atoms with E-state index in [9.17, 15) is 19.4 Å². The molecule has 1 aromatic rings. The van der Waals surface area contributed by atoms with Crippen LogP contribution >= 0.6 is 0 Å². The van der Waals surface area contributed by atoms with Crippen molar-refractivity contribution >= 4 is 6.09 Å². The van der Waals surface area contributed by atoms with E-state index in [4.69, 9.17) is 10.00 Å². The van der Waals surface area contributed by atoms with Crippen LogP contribution in [0.15, 0.2) is 18.2 Å². The lowest BCUT2D eigenvalue weighted by atomic mass is 10.0. The Morgan fingerprint density at radius 2 is 2.15 bits per heavy atom. The van der Waals surface area contributed by atoms with Crippen molar-refractivity contribution < 1.29 is 24.1 Å². The molecule has 0 spiro atoms. The molecule has 0 saturated carbocycles. The third kappa shape index (κ3) is 5.63. The van der Waals surface area contributed by atoms with Gasteiger partial charge in [-0.3, -0.25) is 4.90 Å². The number of nitrogens with zero attached hydrogens (tertiary/aromatic N) is 3. The molecule has 2 rings (SSSR count). The van der Waals surface area contributed by atoms with Gasteiger partial charge in [-0.1, -0.05) is 6.07 Å². The zero-order valence-electron chi connectivity index (χ0n) is 15.9. The number of aliphatic hydroxyl groups is 2. The summed E-state index contributed by atoms with van der Waals surface area (Å²) in [5, 5.41) is 29.1. The maximum atomic E-state index is 13.4. The predicted octanol–water partition coefficient (Wildman–Crippen LogP) is 1.64. The Hall–Kier alpha value is -2.21. The van der Waals surface area contributed by atoms with E-state index in [-0.39, 0.29) is 31.3 Å². The maximum absolute atomic E-state index is 13.4. The van der Waals surface area contributed by atoms with Crippen LogP contribution in [-0.2, 0) is 4.74 Å². The molecule has 7 nitrogen and oxygen atoms in total. The molecule has 0 aliphatic carbocycles. The van der Waals surface area contributed by atoms with E-state index in [1.165, 1.54) is 12.1 Å². The number of amides is 1. The minimum absolute atomic E-state index is 0.125. The van der Waals surface area contributed by atoms with E-state index in [0.29, 0.717) is 18.7 Å². The van der Waals surface area contributed by atoms with Crippen LogP contribution in [0.4, 0.5) is 9.18 Å². The highest BCUT2D eigenvalue weighted by atomic mass is 19.1. The predicted molar refractivity (Wildman–Crippen MR) is 96.3 cm³/mol. The van der Waals surface area contributed by atoms with Gasteiger partial charge in [-0.05, 0) is 38.5 Å². The number of ether oxygens (including phenoxy) is 1. The number of β-amino-alcohol motifs (C(OH)–C–C–N with tert-alkyl or cyclic N) is 1. The number of aliphatic hydroxyl groups excluding tert-OH is 2. The summed E-state index contributed by atoms with van der Waals surface area (Å²) in [6.07, 6.45) is -1.38. The summed E-state index contributed by atoms with van der Waals surface area (Å²) in [6, 6.07) is 5.32. The highest BCUT2D eigenvalue weighted by Gasteiger charge is 2.32. The van der Waals surface area contributed by atoms with Crippen molar-refractivity contribution in [2.45, 2.75) is 38.5 Å². The topological polar surface area (TPSA) is 97.0 Å². The molecule has 1 aliphatic rings. The van der Waals surface area contributed by atoms with Crippen LogP contribution < -0.4 is 0 Å². The van der Waals surface area contributed by atoms with E-state index in [0.717, 1.165) is 6.07 Å². The van der Waals surface area contributed by atoms with E-state index in [1.54, 1.807) is 31.7 Å². The van der Waals surface area contributed by atoms with Gasteiger partial charge < -0.3 is 19.8 Å². The first-order chi connectivity index (χ1) is 12.6. The van der Waals surface area contributed by atoms with Gasteiger partial charge in [0.25, 0.3) is 0 Å². The second kappa shape index (κ2) is 8.65. The SMILES string of the molecule is CC(C)(C)OC(=O)N1CCN(CC(O)c2ccc(F)c(C#N)c2)[C@@H](CO)C1. The first kappa shape index (κ1) is 21.1. The minimum Gasteiger partial charge on any atom is -0.444 e. The molecule has 0 bridgehead atoms. The molecule has 1 saturated heterocycles. The van der Waals surface area contributed by atoms with Crippen LogP contribution in [0, 0.1) is 17.1 Å². The average Bonchev–Trinajstić information content (AvgIpc) is 2.60. The summed E-state index contributed by atoms with van der Waals surface area (Å²) >= 11 is 0. The van der Waals surface area contributed by atoms with Crippen molar-refractivity contribution in [3.05, 3.63) is 35.1 Å². The summed E-state index contributed by atoms with van der Waals surface area (Å²) in [5.74, 6) is -0.632. The summed E-state index contributed by atoms with van der Waals surface area (Å²) < 4.78 is 18.8. The smallest absolute Gasteiger partial charge is 0.410 e. The second-order valence-corrected chi connectivity index (χ2v) is 7.62. The van der Waals surface area contributed by atoms with Crippen molar-refractivity contribution in [2.75, 3.05) is 32.8 Å². The number of carbonyl (C=O) groups excluding carboxylic acids is 1. The highest BCUT2D eigenvalue weighted by molar-refractivity contribution is 5.68. The first-order valence-corrected chi connectivity index (χ1v) is 8.85. The highest BCUT2D eigenvalue weighted by Crippen LogP contribution is 2.21. The number of halogens is 1. The van der Waals surface area contributed by atoms with Gasteiger partial charge in [-0.25, -0.2) is 9.18 Å². The third-order valence-corrected chi connectivity index (χ3v) is 4.37. The number of benzene rings is 1. The van der Waals surface area contributed by atoms with E-state index >= 15 is 0 Å². The zero-order valence-corrected chi connectivity index (χ0v) is 15.9. The summed E-state index contributed by atoms with van der Waals surface area (Å²) in [7, 11) is 0. The summed E-state index contributed by atoms with van der Waals surface area (Å²) in [6.45, 7) is 6.53.